The van der Waals surface area contributed by atoms with Gasteiger partial charge in [0.05, 0.1) is 0 Å². The van der Waals surface area contributed by atoms with Gasteiger partial charge in [0.2, 0.25) is 5.16 Å². The van der Waals surface area contributed by atoms with E-state index in [1.807, 2.05) is 26.1 Å². The van der Waals surface area contributed by atoms with Crippen molar-refractivity contribution in [1.29, 1.82) is 0 Å². The monoisotopic (exact) mass is 221 g/mol. The Morgan fingerprint density at radius 2 is 2.33 bits per heavy atom. The second-order valence-corrected chi connectivity index (χ2v) is 3.97. The molecular weight excluding hydrogens is 210 g/mol. The molecule has 2 aromatic heterocycles. The Morgan fingerprint density at radius 3 is 3.00 bits per heavy atom. The molecule has 0 saturated heterocycles. The highest BCUT2D eigenvalue weighted by atomic mass is 32.2. The Hall–Kier alpha value is -1.56. The summed E-state index contributed by atoms with van der Waals surface area (Å²) in [7, 11) is 1.84. The van der Waals surface area contributed by atoms with Gasteiger partial charge in [-0.1, -0.05) is 0 Å². The normalized spacial score (nSPS) is 10.3. The first-order valence-corrected chi connectivity index (χ1v) is 5.30. The predicted molar refractivity (Wildman–Crippen MR) is 59.0 cm³/mol. The molecule has 0 aromatic carbocycles. The molecule has 0 unspecified atom stereocenters. The fraction of sp³-hybridized carbons (Fsp3) is 0.222. The highest BCUT2D eigenvalue weighted by molar-refractivity contribution is 7.99. The number of hydrogen-bond donors (Lipinski definition) is 2. The van der Waals surface area contributed by atoms with Gasteiger partial charge in [-0.05, 0) is 30.8 Å². The first-order valence-electron chi connectivity index (χ1n) is 4.48. The molecule has 15 heavy (non-hydrogen) atoms. The van der Waals surface area contributed by atoms with Crippen LogP contribution in [0.5, 0.6) is 0 Å². The van der Waals surface area contributed by atoms with E-state index in [0.717, 1.165) is 21.7 Å². The van der Waals surface area contributed by atoms with Crippen LogP contribution in [0.15, 0.2) is 28.4 Å². The van der Waals surface area contributed by atoms with Crippen LogP contribution in [0.25, 0.3) is 0 Å². The molecule has 2 rings (SSSR count). The van der Waals surface area contributed by atoms with Gasteiger partial charge in [-0.3, -0.25) is 5.10 Å². The lowest BCUT2D eigenvalue weighted by molar-refractivity contribution is 0.969. The molecular formula is C9H11N5S. The molecule has 78 valence electrons. The van der Waals surface area contributed by atoms with Crippen LogP contribution in [0, 0.1) is 6.92 Å². The molecule has 0 saturated carbocycles. The van der Waals surface area contributed by atoms with Gasteiger partial charge in [-0.2, -0.15) is 0 Å². The number of nitrogens with zero attached hydrogens (tertiary/aromatic N) is 3. The van der Waals surface area contributed by atoms with Crippen LogP contribution >= 0.6 is 11.8 Å². The molecule has 0 atom stereocenters. The molecule has 0 bridgehead atoms. The molecule has 2 aromatic rings. The standard InChI is InChI=1S/C9H11N5S/c1-6-12-9(14-13-6)15-7-3-4-11-8(5-7)10-2/h3-5H,1-2H3,(H,10,11)(H,12,13,14). The number of H-pyrrole nitrogens is 1. The smallest absolute Gasteiger partial charge is 0.213 e. The number of aromatic amines is 1. The van der Waals surface area contributed by atoms with Crippen LogP contribution in [0.1, 0.15) is 5.82 Å². The number of rotatable bonds is 3. The zero-order chi connectivity index (χ0) is 10.7. The van der Waals surface area contributed by atoms with Crippen LogP contribution in [0.4, 0.5) is 5.82 Å². The second kappa shape index (κ2) is 4.31. The summed E-state index contributed by atoms with van der Waals surface area (Å²) in [5.41, 5.74) is 0. The van der Waals surface area contributed by atoms with Gasteiger partial charge >= 0.3 is 0 Å². The van der Waals surface area contributed by atoms with Gasteiger partial charge in [0.1, 0.15) is 11.6 Å². The maximum atomic E-state index is 4.22. The predicted octanol–water partition coefficient (Wildman–Crippen LogP) is 1.70. The van der Waals surface area contributed by atoms with Crippen molar-refractivity contribution in [1.82, 2.24) is 20.2 Å². The molecule has 6 heteroatoms. The number of pyridine rings is 1. The highest BCUT2D eigenvalue weighted by Crippen LogP contribution is 2.25. The van der Waals surface area contributed by atoms with Gasteiger partial charge in [0.25, 0.3) is 0 Å². The second-order valence-electron chi connectivity index (χ2n) is 2.93. The minimum Gasteiger partial charge on any atom is -0.373 e. The number of hydrogen-bond acceptors (Lipinski definition) is 5. The maximum Gasteiger partial charge on any atom is 0.213 e. The van der Waals surface area contributed by atoms with Crippen LogP contribution in [0.3, 0.4) is 0 Å². The van der Waals surface area contributed by atoms with E-state index in [0.29, 0.717) is 0 Å². The Bertz CT molecular complexity index is 453. The quantitative estimate of drug-likeness (QED) is 0.825. The first kappa shape index (κ1) is 9.97. The van der Waals surface area contributed by atoms with Gasteiger partial charge in [0.15, 0.2) is 0 Å². The lowest BCUT2D eigenvalue weighted by atomic mass is 10.5. The molecule has 5 nitrogen and oxygen atoms in total. The largest absolute Gasteiger partial charge is 0.373 e. The van der Waals surface area contributed by atoms with Gasteiger partial charge < -0.3 is 5.32 Å². The van der Waals surface area contributed by atoms with Crippen molar-refractivity contribution in [2.24, 2.45) is 0 Å². The van der Waals surface area contributed by atoms with E-state index in [2.05, 4.69) is 25.5 Å². The number of nitrogens with one attached hydrogen (secondary N) is 2. The van der Waals surface area contributed by atoms with Gasteiger partial charge in [-0.15, -0.1) is 5.10 Å². The fourth-order valence-electron chi connectivity index (χ4n) is 1.08. The fourth-order valence-corrected chi connectivity index (χ4v) is 1.87. The molecule has 0 radical (unpaired) electrons. The van der Waals surface area contributed by atoms with E-state index in [4.69, 9.17) is 0 Å². The van der Waals surface area contributed by atoms with E-state index < -0.39 is 0 Å². The number of aryl methyl sites for hydroxylation is 1. The third kappa shape index (κ3) is 2.47. The summed E-state index contributed by atoms with van der Waals surface area (Å²) in [6.07, 6.45) is 1.76. The number of aromatic nitrogens is 4. The minimum absolute atomic E-state index is 0.723. The van der Waals surface area contributed by atoms with Crippen molar-refractivity contribution in [2.75, 3.05) is 12.4 Å². The van der Waals surface area contributed by atoms with E-state index in [-0.39, 0.29) is 0 Å². The van der Waals surface area contributed by atoms with Crippen LogP contribution < -0.4 is 5.32 Å². The lowest BCUT2D eigenvalue weighted by Gasteiger charge is -2.00. The van der Waals surface area contributed by atoms with Crippen molar-refractivity contribution < 1.29 is 0 Å². The summed E-state index contributed by atoms with van der Waals surface area (Å²) >= 11 is 1.50. The van der Waals surface area contributed by atoms with E-state index in [1.54, 1.807) is 6.20 Å². The minimum atomic E-state index is 0.723. The Kier molecular flexibility index (Phi) is 2.86. The van der Waals surface area contributed by atoms with Crippen molar-refractivity contribution >= 4 is 17.6 Å². The highest BCUT2D eigenvalue weighted by Gasteiger charge is 2.03. The van der Waals surface area contributed by atoms with Crippen LogP contribution in [-0.4, -0.2) is 27.2 Å². The summed E-state index contributed by atoms with van der Waals surface area (Å²) in [6.45, 7) is 1.88. The van der Waals surface area contributed by atoms with Gasteiger partial charge in [0, 0.05) is 18.1 Å². The van der Waals surface area contributed by atoms with Gasteiger partial charge in [-0.25, -0.2) is 9.97 Å². The molecule has 0 aliphatic carbocycles. The average molecular weight is 221 g/mol. The van der Waals surface area contributed by atoms with E-state index in [9.17, 15) is 0 Å². The molecule has 0 amide bonds. The molecule has 2 N–H and O–H groups in total. The van der Waals surface area contributed by atoms with Crippen molar-refractivity contribution in [3.05, 3.63) is 24.2 Å². The van der Waals surface area contributed by atoms with Crippen molar-refractivity contribution in [3.8, 4) is 0 Å². The van der Waals surface area contributed by atoms with E-state index >= 15 is 0 Å². The Labute approximate surface area is 91.7 Å². The summed E-state index contributed by atoms with van der Waals surface area (Å²) in [5.74, 6) is 1.66. The zero-order valence-corrected chi connectivity index (χ0v) is 9.30. The van der Waals surface area contributed by atoms with Crippen molar-refractivity contribution in [2.45, 2.75) is 17.0 Å². The summed E-state index contributed by atoms with van der Waals surface area (Å²) in [4.78, 5) is 9.41. The number of anilines is 1. The van der Waals surface area contributed by atoms with Crippen LogP contribution in [0.2, 0.25) is 0 Å². The Morgan fingerprint density at radius 1 is 1.47 bits per heavy atom. The third-order valence-corrected chi connectivity index (χ3v) is 2.63. The average Bonchev–Trinajstić information content (AvgIpc) is 2.64. The lowest BCUT2D eigenvalue weighted by Crippen LogP contribution is -1.91. The van der Waals surface area contributed by atoms with Crippen molar-refractivity contribution in [3.63, 3.8) is 0 Å². The first-order chi connectivity index (χ1) is 7.28. The topological polar surface area (TPSA) is 66.5 Å². The summed E-state index contributed by atoms with van der Waals surface area (Å²) < 4.78 is 0. The maximum absolute atomic E-state index is 4.22. The molecule has 0 spiro atoms. The SMILES string of the molecule is CNc1cc(Sc2n[nH]c(C)n2)ccn1. The summed E-state index contributed by atoms with van der Waals surface area (Å²) in [6, 6.07) is 3.88. The summed E-state index contributed by atoms with van der Waals surface area (Å²) in [5, 5.41) is 10.6. The molecule has 0 aliphatic rings. The molecule has 0 aliphatic heterocycles. The molecule has 0 fully saturated rings. The third-order valence-electron chi connectivity index (χ3n) is 1.77. The van der Waals surface area contributed by atoms with Crippen LogP contribution in [-0.2, 0) is 0 Å². The zero-order valence-electron chi connectivity index (χ0n) is 8.48. The Balaban J connectivity index is 2.16. The molecule has 2 heterocycles. The van der Waals surface area contributed by atoms with E-state index in [1.165, 1.54) is 11.8 Å².